The first kappa shape index (κ1) is 49.6. The molecule has 0 amide bonds. The lowest BCUT2D eigenvalue weighted by molar-refractivity contribution is -0.163. The Labute approximate surface area is 420 Å². The lowest BCUT2D eigenvalue weighted by Gasteiger charge is -2.35. The third kappa shape index (κ3) is 11.5. The number of halogens is 3. The van der Waals surface area contributed by atoms with Crippen LogP contribution in [0, 0.1) is 19.7 Å². The summed E-state index contributed by atoms with van der Waals surface area (Å²) in [5.41, 5.74) is 3.64. The van der Waals surface area contributed by atoms with E-state index in [2.05, 4.69) is 31.8 Å². The summed E-state index contributed by atoms with van der Waals surface area (Å²) in [5.74, 6) is 0.333. The van der Waals surface area contributed by atoms with Gasteiger partial charge in [0.15, 0.2) is 5.75 Å². The molecule has 10 rings (SSSR count). The van der Waals surface area contributed by atoms with Crippen LogP contribution in [0.1, 0.15) is 43.2 Å². The van der Waals surface area contributed by atoms with Crippen molar-refractivity contribution in [2.24, 2.45) is 0 Å². The maximum Gasteiger partial charge on any atom is 0.348 e. The van der Waals surface area contributed by atoms with Gasteiger partial charge in [0.25, 0.3) is 0 Å². The molecule has 70 heavy (non-hydrogen) atoms. The molecule has 0 aliphatic carbocycles. The largest absolute Gasteiger partial charge is 0.490 e. The van der Waals surface area contributed by atoms with Crippen LogP contribution >= 0.6 is 34.5 Å². The van der Waals surface area contributed by atoms with Crippen molar-refractivity contribution < 1.29 is 47.1 Å². The summed E-state index contributed by atoms with van der Waals surface area (Å²) in [6, 6.07) is 13.5. The van der Waals surface area contributed by atoms with Crippen LogP contribution in [0.4, 0.5) is 4.39 Å². The van der Waals surface area contributed by atoms with Crippen LogP contribution in [0.2, 0.25) is 10.0 Å². The quantitative estimate of drug-likeness (QED) is 0.120. The Morgan fingerprint density at radius 1 is 0.900 bits per heavy atom. The number of esters is 1. The van der Waals surface area contributed by atoms with Crippen LogP contribution in [-0.2, 0) is 32.0 Å². The third-order valence-corrected chi connectivity index (χ3v) is 14.2. The Balaban J connectivity index is 1.16. The molecule has 3 aromatic heterocycles. The van der Waals surface area contributed by atoms with E-state index in [1.54, 1.807) is 57.3 Å². The number of carbonyl (C=O) groups is 1. The molecule has 0 spiro atoms. The smallest absolute Gasteiger partial charge is 0.348 e. The molecule has 0 N–H and O–H groups in total. The van der Waals surface area contributed by atoms with E-state index < -0.39 is 23.8 Å². The van der Waals surface area contributed by atoms with Crippen molar-refractivity contribution in [2.45, 2.75) is 71.6 Å². The summed E-state index contributed by atoms with van der Waals surface area (Å²) in [7, 11) is 2.11. The molecular weight excluding hydrogens is 963 g/mol. The highest BCUT2D eigenvalue weighted by atomic mass is 35.5. The Morgan fingerprint density at radius 2 is 1.67 bits per heavy atom. The number of rotatable bonds is 10. The van der Waals surface area contributed by atoms with Crippen molar-refractivity contribution in [3.63, 3.8) is 0 Å². The van der Waals surface area contributed by atoms with Crippen molar-refractivity contribution >= 4 is 50.7 Å². The molecule has 7 heterocycles. The molecule has 3 atom stereocenters. The zero-order valence-corrected chi connectivity index (χ0v) is 42.2. The molecule has 0 saturated carbocycles. The molecule has 4 aliphatic heterocycles. The fourth-order valence-electron chi connectivity index (χ4n) is 8.55. The number of carbonyl (C=O) groups excluding carboxylic acids is 1. The summed E-state index contributed by atoms with van der Waals surface area (Å²) in [6.07, 6.45) is 0.914. The van der Waals surface area contributed by atoms with Crippen LogP contribution in [0.15, 0.2) is 61.1 Å². The second kappa shape index (κ2) is 21.5. The zero-order valence-electron chi connectivity index (χ0n) is 39.9. The second-order valence-corrected chi connectivity index (χ2v) is 20.3. The van der Waals surface area contributed by atoms with E-state index in [4.69, 9.17) is 66.1 Å². The summed E-state index contributed by atoms with van der Waals surface area (Å²) in [6.45, 7) is 15.0. The van der Waals surface area contributed by atoms with Gasteiger partial charge in [-0.3, -0.25) is 4.90 Å². The van der Waals surface area contributed by atoms with Gasteiger partial charge in [-0.2, -0.15) is 4.98 Å². The van der Waals surface area contributed by atoms with E-state index >= 15 is 0 Å². The molecule has 3 aromatic carbocycles. The van der Waals surface area contributed by atoms with Crippen LogP contribution in [-0.4, -0.2) is 132 Å². The van der Waals surface area contributed by atoms with Gasteiger partial charge in [-0.05, 0) is 100 Å². The number of thiophene rings is 1. The molecule has 4 aliphatic rings. The average molecular weight is 1020 g/mol. The Kier molecular flexibility index (Phi) is 15.2. The molecule has 19 heteroatoms. The molecule has 370 valence electrons. The number of fused-ring (bicyclic) bond motifs is 7. The van der Waals surface area contributed by atoms with Gasteiger partial charge < -0.3 is 42.8 Å². The van der Waals surface area contributed by atoms with Gasteiger partial charge in [-0.15, -0.1) is 11.3 Å². The van der Waals surface area contributed by atoms with Crippen LogP contribution < -0.4 is 23.7 Å². The topological polar surface area (TPSA) is 149 Å². The summed E-state index contributed by atoms with van der Waals surface area (Å²) >= 11 is 16.2. The molecule has 2 fully saturated rings. The average Bonchev–Trinajstić information content (AvgIpc) is 3.73. The van der Waals surface area contributed by atoms with Gasteiger partial charge in [0.05, 0.1) is 40.9 Å². The van der Waals surface area contributed by atoms with Gasteiger partial charge >= 0.3 is 12.0 Å². The van der Waals surface area contributed by atoms with Gasteiger partial charge in [0, 0.05) is 61.3 Å². The predicted molar refractivity (Wildman–Crippen MR) is 264 cm³/mol. The van der Waals surface area contributed by atoms with E-state index in [1.807, 2.05) is 19.9 Å². The Morgan fingerprint density at radius 3 is 2.40 bits per heavy atom. The fraction of sp³-hybridized carbons (Fsp3) is 0.431. The zero-order chi connectivity index (χ0) is 49.1. The molecule has 4 bridgehead atoms. The monoisotopic (exact) mass is 1020 g/mol. The molecule has 0 unspecified atom stereocenters. The lowest BCUT2D eigenvalue weighted by Crippen LogP contribution is -2.49. The van der Waals surface area contributed by atoms with Crippen LogP contribution in [0.5, 0.6) is 29.1 Å². The maximum absolute atomic E-state index is 14.5. The van der Waals surface area contributed by atoms with E-state index in [0.717, 1.165) is 31.1 Å². The van der Waals surface area contributed by atoms with E-state index in [9.17, 15) is 9.18 Å². The molecular formula is C51H55Cl2FN6O9S. The van der Waals surface area contributed by atoms with E-state index in [0.29, 0.717) is 103 Å². The van der Waals surface area contributed by atoms with Gasteiger partial charge in [-0.1, -0.05) is 35.3 Å². The van der Waals surface area contributed by atoms with Gasteiger partial charge in [0.1, 0.15) is 66.1 Å². The number of hydrogen-bond acceptors (Lipinski definition) is 16. The number of hydrogen-bond donors (Lipinski definition) is 0. The van der Waals surface area contributed by atoms with Crippen LogP contribution in [0.25, 0.3) is 31.8 Å². The third-order valence-electron chi connectivity index (χ3n) is 12.1. The number of ether oxygens (including phenoxy) is 8. The molecule has 0 radical (unpaired) electrons. The Hall–Kier alpha value is -5.40. The van der Waals surface area contributed by atoms with Crippen molar-refractivity contribution in [1.29, 1.82) is 0 Å². The number of likely N-dealkylation sites (N-methyl/N-ethyl adjacent to an activating group) is 1. The van der Waals surface area contributed by atoms with Gasteiger partial charge in [-0.25, -0.2) is 24.1 Å². The number of benzene rings is 3. The first-order chi connectivity index (χ1) is 33.7. The number of aromatic nitrogens is 4. The van der Waals surface area contributed by atoms with Crippen molar-refractivity contribution in [3.8, 4) is 50.7 Å². The van der Waals surface area contributed by atoms with Crippen molar-refractivity contribution in [2.75, 3.05) is 72.8 Å². The first-order valence-electron chi connectivity index (χ1n) is 23.2. The van der Waals surface area contributed by atoms with Crippen LogP contribution in [0.3, 0.4) is 0 Å². The molecule has 6 aromatic rings. The van der Waals surface area contributed by atoms with E-state index in [1.165, 1.54) is 29.8 Å². The fourth-order valence-corrected chi connectivity index (χ4v) is 10.2. The number of piperazine rings is 1. The second-order valence-electron chi connectivity index (χ2n) is 18.5. The van der Waals surface area contributed by atoms with Gasteiger partial charge in [0.2, 0.25) is 12.0 Å². The van der Waals surface area contributed by atoms with Crippen molar-refractivity contribution in [3.05, 3.63) is 99.3 Å². The molecule has 15 nitrogen and oxygen atoms in total. The highest BCUT2D eigenvalue weighted by Crippen LogP contribution is 2.53. The predicted octanol–water partition coefficient (Wildman–Crippen LogP) is 8.97. The normalized spacial score (nSPS) is 19.2. The maximum atomic E-state index is 14.5. The lowest BCUT2D eigenvalue weighted by atomic mass is 9.92. The number of nitrogens with zero attached hydrogens (tertiary/aromatic N) is 6. The summed E-state index contributed by atoms with van der Waals surface area (Å²) in [5, 5.41) is 1.13. The minimum atomic E-state index is -1.28. The highest BCUT2D eigenvalue weighted by molar-refractivity contribution is 7.22. The summed E-state index contributed by atoms with van der Waals surface area (Å²) in [4.78, 5) is 38.7. The van der Waals surface area contributed by atoms with E-state index in [-0.39, 0.29) is 50.1 Å². The minimum absolute atomic E-state index is 0.0302. The summed E-state index contributed by atoms with van der Waals surface area (Å²) < 4.78 is 64.4. The SMILES string of the molecule is Cc1c(Cl)c2c(Cl)c(C)c1-c1c(-c3ccc(F)cc3)sc3ncnc(c13)O[C@@H](C(=O)OC(C)(C)C)Cc1cc(ccc1OCc1ccnc(OC[C@@H]3COCCO3)n1)OC[C@@H](CN1CCN(C)CC1)O2. The molecule has 2 saturated heterocycles. The van der Waals surface area contributed by atoms with Crippen molar-refractivity contribution in [1.82, 2.24) is 29.7 Å². The Bertz CT molecular complexity index is 2810. The minimum Gasteiger partial charge on any atom is -0.490 e. The standard InChI is InChI=1S/C51H55Cl2FN6O9S/c1-29-40-30(2)44(53)45(43(29)52)67-36(23-60-17-15-59(6)16-18-60)26-64-35-11-12-38(65-24-34-13-14-55-50(58-34)66-27-37-25-62-19-20-63-37)32(21-35)22-39(49(61)69-51(3,4)5)68-47-42-41(40)46(70-48(42)57-28-56-47)31-7-9-33(54)10-8-31/h7-14,21,28,36-37,39H,15-20,22-27H2,1-6H3/t36-,37+,39-/m1/s1. The highest BCUT2D eigenvalue weighted by Gasteiger charge is 2.34. The first-order valence-corrected chi connectivity index (χ1v) is 24.8.